The molecule has 1 heterocycles. The SMILES string of the molecule is CCOC(=O)c1cnc(SC)nc1Nc1ccc(C(=O)O)c([O-])c1. The first-order valence-corrected chi connectivity index (χ1v) is 8.08. The van der Waals surface area contributed by atoms with Crippen LogP contribution in [0.25, 0.3) is 0 Å². The minimum atomic E-state index is -1.30. The number of hydrogen-bond donors (Lipinski definition) is 2. The van der Waals surface area contributed by atoms with Crippen LogP contribution in [-0.4, -0.2) is 39.9 Å². The molecule has 2 rings (SSSR count). The summed E-state index contributed by atoms with van der Waals surface area (Å²) in [7, 11) is 0. The molecule has 2 N–H and O–H groups in total. The van der Waals surface area contributed by atoms with Crippen molar-refractivity contribution in [2.24, 2.45) is 0 Å². The summed E-state index contributed by atoms with van der Waals surface area (Å²) in [5.41, 5.74) is 0.0874. The van der Waals surface area contributed by atoms with Gasteiger partial charge >= 0.3 is 11.9 Å². The van der Waals surface area contributed by atoms with E-state index in [1.54, 1.807) is 13.2 Å². The Morgan fingerprint density at radius 1 is 1.38 bits per heavy atom. The number of nitrogens with zero attached hydrogens (tertiary/aromatic N) is 2. The zero-order valence-electron chi connectivity index (χ0n) is 12.9. The second kappa shape index (κ2) is 7.64. The number of aromatic nitrogens is 2. The number of carboxylic acid groups (broad SMARTS) is 1. The summed E-state index contributed by atoms with van der Waals surface area (Å²) >= 11 is 1.28. The lowest BCUT2D eigenvalue weighted by Crippen LogP contribution is -2.11. The highest BCUT2D eigenvalue weighted by molar-refractivity contribution is 7.98. The second-order valence-corrected chi connectivity index (χ2v) is 5.25. The third-order valence-corrected chi connectivity index (χ3v) is 3.48. The van der Waals surface area contributed by atoms with Gasteiger partial charge in [-0.2, -0.15) is 0 Å². The Balaban J connectivity index is 2.38. The molecule has 0 aliphatic heterocycles. The predicted molar refractivity (Wildman–Crippen MR) is 85.9 cm³/mol. The highest BCUT2D eigenvalue weighted by Gasteiger charge is 2.16. The van der Waals surface area contributed by atoms with Crippen molar-refractivity contribution in [3.05, 3.63) is 35.5 Å². The normalized spacial score (nSPS) is 10.2. The summed E-state index contributed by atoms with van der Waals surface area (Å²) in [5.74, 6) is -2.37. The molecule has 1 aromatic carbocycles. The number of esters is 1. The van der Waals surface area contributed by atoms with E-state index in [2.05, 4.69) is 15.3 Å². The minimum Gasteiger partial charge on any atom is -0.872 e. The molecule has 1 aromatic heterocycles. The molecule has 2 aromatic rings. The quantitative estimate of drug-likeness (QED) is 0.457. The lowest BCUT2D eigenvalue weighted by atomic mass is 10.2. The van der Waals surface area contributed by atoms with E-state index >= 15 is 0 Å². The van der Waals surface area contributed by atoms with Crippen molar-refractivity contribution >= 4 is 35.2 Å². The molecule has 0 fully saturated rings. The molecule has 0 spiro atoms. The van der Waals surface area contributed by atoms with Gasteiger partial charge in [0.15, 0.2) is 5.16 Å². The van der Waals surface area contributed by atoms with Gasteiger partial charge in [-0.1, -0.05) is 17.5 Å². The Kier molecular flexibility index (Phi) is 5.59. The van der Waals surface area contributed by atoms with E-state index in [4.69, 9.17) is 9.84 Å². The van der Waals surface area contributed by atoms with Crippen LogP contribution in [0.1, 0.15) is 27.6 Å². The number of ether oxygens (including phenoxy) is 1. The number of rotatable bonds is 6. The third kappa shape index (κ3) is 3.93. The third-order valence-electron chi connectivity index (χ3n) is 2.92. The zero-order valence-corrected chi connectivity index (χ0v) is 13.7. The molecule has 0 saturated carbocycles. The van der Waals surface area contributed by atoms with Crippen LogP contribution >= 0.6 is 11.8 Å². The first kappa shape index (κ1) is 17.5. The maximum Gasteiger partial charge on any atom is 0.343 e. The Labute approximate surface area is 141 Å². The number of carboxylic acids is 1. The zero-order chi connectivity index (χ0) is 17.7. The number of carbonyl (C=O) groups is 2. The summed E-state index contributed by atoms with van der Waals surface area (Å²) in [6, 6.07) is 3.73. The highest BCUT2D eigenvalue weighted by atomic mass is 32.2. The van der Waals surface area contributed by atoms with Crippen molar-refractivity contribution in [2.45, 2.75) is 12.1 Å². The number of thioether (sulfide) groups is 1. The molecular weight excluding hydrogens is 334 g/mol. The van der Waals surface area contributed by atoms with Crippen molar-refractivity contribution in [2.75, 3.05) is 18.2 Å². The maximum atomic E-state index is 12.0. The Bertz CT molecular complexity index is 782. The molecule has 0 aliphatic rings. The summed E-state index contributed by atoms with van der Waals surface area (Å²) in [6.45, 7) is 1.87. The summed E-state index contributed by atoms with van der Waals surface area (Å²) in [5, 5.41) is 23.9. The summed E-state index contributed by atoms with van der Waals surface area (Å²) in [6.07, 6.45) is 3.11. The van der Waals surface area contributed by atoms with Gasteiger partial charge in [0.05, 0.1) is 12.2 Å². The number of anilines is 2. The van der Waals surface area contributed by atoms with Crippen LogP contribution in [0.3, 0.4) is 0 Å². The van der Waals surface area contributed by atoms with Gasteiger partial charge in [-0.25, -0.2) is 19.6 Å². The molecule has 8 nitrogen and oxygen atoms in total. The van der Waals surface area contributed by atoms with Gasteiger partial charge in [0.25, 0.3) is 0 Å². The number of aromatic carboxylic acids is 1. The molecule has 0 saturated heterocycles. The second-order valence-electron chi connectivity index (χ2n) is 4.48. The molecule has 0 aliphatic carbocycles. The molecular formula is C15H14N3O5S-. The average Bonchev–Trinajstić information content (AvgIpc) is 2.54. The fraction of sp³-hybridized carbons (Fsp3) is 0.200. The first-order chi connectivity index (χ1) is 11.5. The molecule has 0 unspecified atom stereocenters. The van der Waals surface area contributed by atoms with Crippen molar-refractivity contribution in [1.29, 1.82) is 0 Å². The van der Waals surface area contributed by atoms with Crippen LogP contribution in [0, 0.1) is 0 Å². The van der Waals surface area contributed by atoms with Gasteiger partial charge in [-0.3, -0.25) is 0 Å². The van der Waals surface area contributed by atoms with E-state index in [-0.39, 0.29) is 23.6 Å². The van der Waals surface area contributed by atoms with Gasteiger partial charge in [0, 0.05) is 11.9 Å². The Morgan fingerprint density at radius 2 is 2.12 bits per heavy atom. The van der Waals surface area contributed by atoms with E-state index in [1.165, 1.54) is 30.1 Å². The standard InChI is InChI=1S/C15H15N3O5S/c1-3-23-14(22)10-7-16-15(24-2)18-12(10)17-8-4-5-9(13(20)21)11(19)6-8/h4-7,19H,3H2,1-2H3,(H,20,21)(H,16,17,18)/p-1. The first-order valence-electron chi connectivity index (χ1n) is 6.85. The molecule has 126 valence electrons. The van der Waals surface area contributed by atoms with Crippen LogP contribution in [0.15, 0.2) is 29.6 Å². The molecule has 0 amide bonds. The predicted octanol–water partition coefficient (Wildman–Crippen LogP) is 1.89. The fourth-order valence-electron chi connectivity index (χ4n) is 1.83. The lowest BCUT2D eigenvalue weighted by molar-refractivity contribution is -0.268. The Hall–Kier alpha value is -2.81. The Morgan fingerprint density at radius 3 is 2.71 bits per heavy atom. The summed E-state index contributed by atoms with van der Waals surface area (Å²) in [4.78, 5) is 31.1. The van der Waals surface area contributed by atoms with E-state index in [1.807, 2.05) is 0 Å². The van der Waals surface area contributed by atoms with E-state index < -0.39 is 17.7 Å². The van der Waals surface area contributed by atoms with Gasteiger partial charge < -0.3 is 20.3 Å². The smallest absolute Gasteiger partial charge is 0.343 e. The topological polar surface area (TPSA) is 124 Å². The minimum absolute atomic E-state index is 0.115. The highest BCUT2D eigenvalue weighted by Crippen LogP contribution is 2.25. The van der Waals surface area contributed by atoms with Gasteiger partial charge in [-0.15, -0.1) is 0 Å². The van der Waals surface area contributed by atoms with E-state index in [0.717, 1.165) is 6.07 Å². The number of nitrogens with one attached hydrogen (secondary N) is 1. The van der Waals surface area contributed by atoms with Crippen molar-refractivity contribution in [3.63, 3.8) is 0 Å². The van der Waals surface area contributed by atoms with Crippen LogP contribution < -0.4 is 10.4 Å². The van der Waals surface area contributed by atoms with Crippen molar-refractivity contribution in [3.8, 4) is 5.75 Å². The number of benzene rings is 1. The number of carbonyl (C=O) groups excluding carboxylic acids is 1. The molecule has 24 heavy (non-hydrogen) atoms. The van der Waals surface area contributed by atoms with Crippen LogP contribution in [0.5, 0.6) is 5.75 Å². The average molecular weight is 348 g/mol. The van der Waals surface area contributed by atoms with E-state index in [9.17, 15) is 14.7 Å². The maximum absolute atomic E-state index is 12.0. The monoisotopic (exact) mass is 348 g/mol. The fourth-order valence-corrected chi connectivity index (χ4v) is 2.17. The van der Waals surface area contributed by atoms with Gasteiger partial charge in [-0.05, 0) is 31.4 Å². The van der Waals surface area contributed by atoms with E-state index in [0.29, 0.717) is 10.8 Å². The van der Waals surface area contributed by atoms with Crippen LogP contribution in [-0.2, 0) is 4.74 Å². The van der Waals surface area contributed by atoms with Crippen LogP contribution in [0.4, 0.5) is 11.5 Å². The molecule has 9 heteroatoms. The number of hydrogen-bond acceptors (Lipinski definition) is 8. The molecule has 0 radical (unpaired) electrons. The van der Waals surface area contributed by atoms with Crippen LogP contribution in [0.2, 0.25) is 0 Å². The lowest BCUT2D eigenvalue weighted by Gasteiger charge is -2.15. The van der Waals surface area contributed by atoms with Crippen molar-refractivity contribution in [1.82, 2.24) is 9.97 Å². The van der Waals surface area contributed by atoms with Crippen molar-refractivity contribution < 1.29 is 24.5 Å². The van der Waals surface area contributed by atoms with Gasteiger partial charge in [0.1, 0.15) is 11.4 Å². The molecule has 0 bridgehead atoms. The molecule has 0 atom stereocenters. The summed E-state index contributed by atoms with van der Waals surface area (Å²) < 4.78 is 4.95. The van der Waals surface area contributed by atoms with Gasteiger partial charge in [0.2, 0.25) is 0 Å². The largest absolute Gasteiger partial charge is 0.872 e.